The van der Waals surface area contributed by atoms with Gasteiger partial charge in [-0.3, -0.25) is 4.18 Å². The van der Waals surface area contributed by atoms with E-state index in [9.17, 15) is 8.42 Å². The molecule has 1 aliphatic rings. The molecule has 3 nitrogen and oxygen atoms in total. The molecule has 1 atom stereocenters. The third-order valence-corrected chi connectivity index (χ3v) is 3.30. The van der Waals surface area contributed by atoms with E-state index in [0.29, 0.717) is 0 Å². The molecule has 0 N–H and O–H groups in total. The first kappa shape index (κ1) is 10.6. The van der Waals surface area contributed by atoms with E-state index >= 15 is 0 Å². The molecule has 82 valence electrons. The van der Waals surface area contributed by atoms with Crippen LogP contribution in [0.15, 0.2) is 24.3 Å². The second-order valence-corrected chi connectivity index (χ2v) is 5.57. The first-order valence-electron chi connectivity index (χ1n) is 4.98. The summed E-state index contributed by atoms with van der Waals surface area (Å²) in [5, 5.41) is 0. The summed E-state index contributed by atoms with van der Waals surface area (Å²) in [5.74, 6) is 0.232. The highest BCUT2D eigenvalue weighted by molar-refractivity contribution is 7.85. The molecular weight excluding hydrogens is 212 g/mol. The van der Waals surface area contributed by atoms with Crippen LogP contribution >= 0.6 is 0 Å². The van der Waals surface area contributed by atoms with Crippen molar-refractivity contribution in [2.24, 2.45) is 0 Å². The molecule has 0 radical (unpaired) electrons. The predicted molar refractivity (Wildman–Crippen MR) is 58.3 cm³/mol. The second-order valence-electron chi connectivity index (χ2n) is 3.92. The maximum atomic E-state index is 10.9. The maximum absolute atomic E-state index is 10.9. The zero-order chi connectivity index (χ0) is 10.9. The van der Waals surface area contributed by atoms with E-state index in [4.69, 9.17) is 4.18 Å². The Bertz CT molecular complexity index is 451. The van der Waals surface area contributed by atoms with Gasteiger partial charge in [0.2, 0.25) is 0 Å². The Morgan fingerprint density at radius 2 is 2.13 bits per heavy atom. The van der Waals surface area contributed by atoms with Gasteiger partial charge < -0.3 is 0 Å². The number of hydrogen-bond donors (Lipinski definition) is 0. The number of fused-ring (bicyclic) bond motifs is 1. The molecule has 0 aromatic heterocycles. The Hall–Kier alpha value is -0.870. The maximum Gasteiger partial charge on any atom is 0.264 e. The van der Waals surface area contributed by atoms with Crippen LogP contribution in [0.5, 0.6) is 0 Å². The van der Waals surface area contributed by atoms with Gasteiger partial charge in [-0.25, -0.2) is 0 Å². The van der Waals surface area contributed by atoms with Gasteiger partial charge in [-0.05, 0) is 24.0 Å². The van der Waals surface area contributed by atoms with Crippen LogP contribution in [0, 0.1) is 0 Å². The van der Waals surface area contributed by atoms with E-state index in [0.717, 1.165) is 19.1 Å². The minimum Gasteiger partial charge on any atom is -0.270 e. The van der Waals surface area contributed by atoms with Gasteiger partial charge in [-0.15, -0.1) is 0 Å². The first-order chi connectivity index (χ1) is 7.06. The summed E-state index contributed by atoms with van der Waals surface area (Å²) in [6, 6.07) is 8.14. The number of hydrogen-bond acceptors (Lipinski definition) is 3. The van der Waals surface area contributed by atoms with Crippen LogP contribution in [0.1, 0.15) is 23.5 Å². The quantitative estimate of drug-likeness (QED) is 0.737. The van der Waals surface area contributed by atoms with E-state index in [2.05, 4.69) is 12.1 Å². The molecule has 1 aliphatic carbocycles. The Balaban J connectivity index is 2.08. The van der Waals surface area contributed by atoms with Crippen molar-refractivity contribution in [2.45, 2.75) is 18.8 Å². The highest BCUT2D eigenvalue weighted by Gasteiger charge is 2.23. The van der Waals surface area contributed by atoms with Gasteiger partial charge in [0, 0.05) is 5.92 Å². The van der Waals surface area contributed by atoms with Gasteiger partial charge in [0.15, 0.2) is 0 Å². The molecule has 1 aromatic rings. The summed E-state index contributed by atoms with van der Waals surface area (Å²) in [6.45, 7) is 0.274. The van der Waals surface area contributed by atoms with Crippen LogP contribution < -0.4 is 0 Å². The fraction of sp³-hybridized carbons (Fsp3) is 0.455. The van der Waals surface area contributed by atoms with Gasteiger partial charge in [-0.2, -0.15) is 8.42 Å². The molecule has 1 aromatic carbocycles. The highest BCUT2D eigenvalue weighted by atomic mass is 32.2. The van der Waals surface area contributed by atoms with Crippen molar-refractivity contribution in [2.75, 3.05) is 12.9 Å². The SMILES string of the molecule is CS(=O)(=O)OC[C@@H]1CCc2ccccc21. The Kier molecular flexibility index (Phi) is 2.80. The molecule has 2 rings (SSSR count). The third-order valence-electron chi connectivity index (χ3n) is 2.74. The van der Waals surface area contributed by atoms with Gasteiger partial charge in [-0.1, -0.05) is 24.3 Å². The zero-order valence-corrected chi connectivity index (χ0v) is 9.46. The highest BCUT2D eigenvalue weighted by Crippen LogP contribution is 2.32. The summed E-state index contributed by atoms with van der Waals surface area (Å²) in [7, 11) is -3.31. The minimum absolute atomic E-state index is 0.232. The molecule has 0 amide bonds. The van der Waals surface area contributed by atoms with Crippen LogP contribution in [-0.2, 0) is 20.7 Å². The number of rotatable bonds is 3. The summed E-state index contributed by atoms with van der Waals surface area (Å²) < 4.78 is 26.6. The normalized spacial score (nSPS) is 20.2. The minimum atomic E-state index is -3.31. The molecule has 0 saturated carbocycles. The Morgan fingerprint density at radius 1 is 1.40 bits per heavy atom. The predicted octanol–water partition coefficient (Wildman–Crippen LogP) is 1.69. The zero-order valence-electron chi connectivity index (χ0n) is 8.64. The van der Waals surface area contributed by atoms with Crippen molar-refractivity contribution < 1.29 is 12.6 Å². The van der Waals surface area contributed by atoms with E-state index in [1.807, 2.05) is 12.1 Å². The lowest BCUT2D eigenvalue weighted by Gasteiger charge is -2.10. The molecule has 0 heterocycles. The van der Waals surface area contributed by atoms with Crippen molar-refractivity contribution >= 4 is 10.1 Å². The number of benzene rings is 1. The van der Waals surface area contributed by atoms with Crippen molar-refractivity contribution in [1.29, 1.82) is 0 Å². The van der Waals surface area contributed by atoms with Gasteiger partial charge in [0.25, 0.3) is 10.1 Å². The average molecular weight is 226 g/mol. The van der Waals surface area contributed by atoms with E-state index in [-0.39, 0.29) is 12.5 Å². The lowest BCUT2D eigenvalue weighted by Crippen LogP contribution is -2.10. The van der Waals surface area contributed by atoms with Crippen molar-refractivity contribution in [3.63, 3.8) is 0 Å². The van der Waals surface area contributed by atoms with E-state index in [1.54, 1.807) is 0 Å². The van der Waals surface area contributed by atoms with Crippen LogP contribution in [0.25, 0.3) is 0 Å². The molecule has 0 saturated heterocycles. The molecule has 0 unspecified atom stereocenters. The topological polar surface area (TPSA) is 43.4 Å². The summed E-state index contributed by atoms with van der Waals surface area (Å²) in [5.41, 5.74) is 2.56. The van der Waals surface area contributed by atoms with Crippen LogP contribution in [0.2, 0.25) is 0 Å². The van der Waals surface area contributed by atoms with Crippen molar-refractivity contribution in [1.82, 2.24) is 0 Å². The summed E-state index contributed by atoms with van der Waals surface area (Å²) in [6.07, 6.45) is 3.09. The first-order valence-corrected chi connectivity index (χ1v) is 6.80. The smallest absolute Gasteiger partial charge is 0.264 e. The molecular formula is C11H14O3S. The molecule has 0 bridgehead atoms. The van der Waals surface area contributed by atoms with E-state index in [1.165, 1.54) is 11.1 Å². The van der Waals surface area contributed by atoms with Gasteiger partial charge >= 0.3 is 0 Å². The summed E-state index contributed by atoms with van der Waals surface area (Å²) in [4.78, 5) is 0. The number of aryl methyl sites for hydroxylation is 1. The Morgan fingerprint density at radius 3 is 2.87 bits per heavy atom. The molecule has 0 spiro atoms. The fourth-order valence-electron chi connectivity index (χ4n) is 2.02. The van der Waals surface area contributed by atoms with Crippen molar-refractivity contribution in [3.05, 3.63) is 35.4 Å². The third kappa shape index (κ3) is 2.58. The van der Waals surface area contributed by atoms with Crippen molar-refractivity contribution in [3.8, 4) is 0 Å². The molecule has 15 heavy (non-hydrogen) atoms. The molecule has 0 aliphatic heterocycles. The Labute approximate surface area is 90.2 Å². The van der Waals surface area contributed by atoms with Gasteiger partial charge in [0.1, 0.15) is 0 Å². The summed E-state index contributed by atoms with van der Waals surface area (Å²) >= 11 is 0. The van der Waals surface area contributed by atoms with Gasteiger partial charge in [0.05, 0.1) is 12.9 Å². The van der Waals surface area contributed by atoms with Crippen LogP contribution in [0.4, 0.5) is 0 Å². The standard InChI is InChI=1S/C11H14O3S/c1-15(12,13)14-8-10-7-6-9-4-2-3-5-11(9)10/h2-5,10H,6-8H2,1H3/t10-/m0/s1. The monoisotopic (exact) mass is 226 g/mol. The fourth-order valence-corrected chi connectivity index (χ4v) is 2.44. The molecule has 4 heteroatoms. The van der Waals surface area contributed by atoms with E-state index < -0.39 is 10.1 Å². The molecule has 0 fully saturated rings. The lowest BCUT2D eigenvalue weighted by molar-refractivity contribution is 0.294. The lowest BCUT2D eigenvalue weighted by atomic mass is 10.0. The van der Waals surface area contributed by atoms with Crippen LogP contribution in [-0.4, -0.2) is 21.3 Å². The van der Waals surface area contributed by atoms with Crippen LogP contribution in [0.3, 0.4) is 0 Å². The largest absolute Gasteiger partial charge is 0.270 e. The average Bonchev–Trinajstić information content (AvgIpc) is 2.57. The second kappa shape index (κ2) is 3.94.